The first-order chi connectivity index (χ1) is 15.1. The van der Waals surface area contributed by atoms with Crippen molar-refractivity contribution in [2.45, 2.75) is 19.9 Å². The van der Waals surface area contributed by atoms with Crippen molar-refractivity contribution < 1.29 is 18.3 Å². The molecule has 31 heavy (non-hydrogen) atoms. The minimum atomic E-state index is -1.06. The predicted octanol–water partition coefficient (Wildman–Crippen LogP) is 4.91. The minimum Gasteiger partial charge on any atom is -0.492 e. The highest BCUT2D eigenvalue weighted by molar-refractivity contribution is 7.22. The second kappa shape index (κ2) is 9.22. The van der Waals surface area contributed by atoms with Gasteiger partial charge in [0.25, 0.3) is 5.91 Å². The highest BCUT2D eigenvalue weighted by atomic mass is 32.1. The van der Waals surface area contributed by atoms with E-state index < -0.39 is 17.5 Å². The molecular weight excluding hydrogens is 422 g/mol. The van der Waals surface area contributed by atoms with Crippen LogP contribution in [0.25, 0.3) is 10.2 Å². The molecule has 0 saturated carbocycles. The number of carbonyl (C=O) groups excluding carboxylic acids is 1. The van der Waals surface area contributed by atoms with E-state index in [1.54, 1.807) is 12.5 Å². The summed E-state index contributed by atoms with van der Waals surface area (Å²) in [5.74, 6) is -1.86. The van der Waals surface area contributed by atoms with Crippen molar-refractivity contribution in [3.8, 4) is 5.75 Å². The summed E-state index contributed by atoms with van der Waals surface area (Å²) < 4.78 is 35.6. The standard InChI is InChI=1S/C22H20F2N4O2S/c1-2-30-18-5-3-6-19-20(18)26-22(31-19)28(11-4-10-27-12-9-25-14-27)21(29)15-7-8-16(23)17(24)13-15/h3,5-9,12-14H,2,4,10-11H2,1H3. The van der Waals surface area contributed by atoms with Crippen molar-refractivity contribution in [3.63, 3.8) is 0 Å². The number of para-hydroxylation sites is 1. The number of amides is 1. The van der Waals surface area contributed by atoms with Crippen LogP contribution in [0.4, 0.5) is 13.9 Å². The van der Waals surface area contributed by atoms with Gasteiger partial charge in [-0.25, -0.2) is 18.7 Å². The Morgan fingerprint density at radius 3 is 2.84 bits per heavy atom. The fourth-order valence-electron chi connectivity index (χ4n) is 3.20. The molecule has 0 fully saturated rings. The molecule has 2 aromatic carbocycles. The SMILES string of the molecule is CCOc1cccc2sc(N(CCCn3ccnc3)C(=O)c3ccc(F)c(F)c3)nc12. The second-order valence-corrected chi connectivity index (χ2v) is 7.78. The van der Waals surface area contributed by atoms with Gasteiger partial charge in [0.2, 0.25) is 0 Å². The van der Waals surface area contributed by atoms with E-state index in [0.29, 0.717) is 42.5 Å². The molecule has 0 N–H and O–H groups in total. The number of carbonyl (C=O) groups is 1. The molecule has 0 spiro atoms. The smallest absolute Gasteiger partial charge is 0.260 e. The number of hydrogen-bond acceptors (Lipinski definition) is 5. The number of hydrogen-bond donors (Lipinski definition) is 0. The Bertz CT molecular complexity index is 1190. The van der Waals surface area contributed by atoms with Crippen LogP contribution < -0.4 is 9.64 Å². The number of anilines is 1. The lowest BCUT2D eigenvalue weighted by Crippen LogP contribution is -2.32. The summed E-state index contributed by atoms with van der Waals surface area (Å²) in [7, 11) is 0. The molecule has 2 heterocycles. The number of nitrogens with zero attached hydrogens (tertiary/aromatic N) is 4. The lowest BCUT2D eigenvalue weighted by atomic mass is 10.2. The van der Waals surface area contributed by atoms with Gasteiger partial charge in [-0.2, -0.15) is 0 Å². The van der Waals surface area contributed by atoms with Gasteiger partial charge in [0, 0.05) is 31.0 Å². The maximum atomic E-state index is 13.8. The Hall–Kier alpha value is -3.33. The molecular formula is C22H20F2N4O2S. The van der Waals surface area contributed by atoms with Crippen LogP contribution in [0, 0.1) is 11.6 Å². The first-order valence-electron chi connectivity index (χ1n) is 9.82. The molecule has 1 amide bonds. The monoisotopic (exact) mass is 442 g/mol. The third-order valence-electron chi connectivity index (χ3n) is 4.67. The van der Waals surface area contributed by atoms with Crippen molar-refractivity contribution in [1.82, 2.24) is 14.5 Å². The van der Waals surface area contributed by atoms with Gasteiger partial charge in [-0.3, -0.25) is 9.69 Å². The Kier molecular flexibility index (Phi) is 6.22. The van der Waals surface area contributed by atoms with E-state index in [1.807, 2.05) is 35.9 Å². The van der Waals surface area contributed by atoms with E-state index in [4.69, 9.17) is 4.74 Å². The third kappa shape index (κ3) is 4.56. The fourth-order valence-corrected chi connectivity index (χ4v) is 4.21. The molecule has 9 heteroatoms. The molecule has 0 radical (unpaired) electrons. The summed E-state index contributed by atoms with van der Waals surface area (Å²) in [6, 6.07) is 8.76. The van der Waals surface area contributed by atoms with E-state index in [2.05, 4.69) is 9.97 Å². The molecule has 0 aliphatic carbocycles. The van der Waals surface area contributed by atoms with Crippen LogP contribution in [0.3, 0.4) is 0 Å². The van der Waals surface area contributed by atoms with E-state index in [1.165, 1.54) is 22.3 Å². The fraction of sp³-hybridized carbons (Fsp3) is 0.227. The number of halogens is 2. The van der Waals surface area contributed by atoms with Crippen LogP contribution in [0.2, 0.25) is 0 Å². The first-order valence-corrected chi connectivity index (χ1v) is 10.6. The van der Waals surface area contributed by atoms with Gasteiger partial charge in [-0.05, 0) is 43.7 Å². The Morgan fingerprint density at radius 1 is 1.23 bits per heavy atom. The Morgan fingerprint density at radius 2 is 2.10 bits per heavy atom. The Labute approximate surface area is 181 Å². The number of aryl methyl sites for hydroxylation is 1. The third-order valence-corrected chi connectivity index (χ3v) is 5.71. The van der Waals surface area contributed by atoms with Crippen molar-refractivity contribution in [1.29, 1.82) is 0 Å². The van der Waals surface area contributed by atoms with E-state index in [0.717, 1.165) is 16.8 Å². The summed E-state index contributed by atoms with van der Waals surface area (Å²) >= 11 is 1.35. The zero-order valence-electron chi connectivity index (χ0n) is 16.8. The molecule has 0 aliphatic rings. The lowest BCUT2D eigenvalue weighted by Gasteiger charge is -2.20. The van der Waals surface area contributed by atoms with Gasteiger partial charge < -0.3 is 9.30 Å². The zero-order chi connectivity index (χ0) is 21.8. The molecule has 160 valence electrons. The average Bonchev–Trinajstić information content (AvgIpc) is 3.43. The summed E-state index contributed by atoms with van der Waals surface area (Å²) in [6.07, 6.45) is 5.86. The Balaban J connectivity index is 1.67. The molecule has 0 aliphatic heterocycles. The normalized spacial score (nSPS) is 11.1. The van der Waals surface area contributed by atoms with Crippen molar-refractivity contribution >= 4 is 32.6 Å². The second-order valence-electron chi connectivity index (χ2n) is 6.77. The number of rotatable bonds is 8. The average molecular weight is 442 g/mol. The predicted molar refractivity (Wildman–Crippen MR) is 116 cm³/mol. The number of aromatic nitrogens is 3. The number of ether oxygens (including phenoxy) is 1. The van der Waals surface area contributed by atoms with E-state index >= 15 is 0 Å². The van der Waals surface area contributed by atoms with Gasteiger partial charge in [0.1, 0.15) is 11.3 Å². The molecule has 2 aromatic heterocycles. The van der Waals surface area contributed by atoms with Crippen LogP contribution in [-0.2, 0) is 6.54 Å². The highest BCUT2D eigenvalue weighted by Crippen LogP contribution is 2.35. The van der Waals surface area contributed by atoms with Gasteiger partial charge in [-0.1, -0.05) is 17.4 Å². The molecule has 6 nitrogen and oxygen atoms in total. The number of thiazole rings is 1. The zero-order valence-corrected chi connectivity index (χ0v) is 17.6. The molecule has 4 aromatic rings. The van der Waals surface area contributed by atoms with E-state index in [9.17, 15) is 13.6 Å². The molecule has 0 bridgehead atoms. The quantitative estimate of drug-likeness (QED) is 0.389. The number of fused-ring (bicyclic) bond motifs is 1. The van der Waals surface area contributed by atoms with Crippen LogP contribution in [-0.4, -0.2) is 33.6 Å². The number of benzene rings is 2. The summed E-state index contributed by atoms with van der Waals surface area (Å²) in [5, 5.41) is 0.475. The maximum Gasteiger partial charge on any atom is 0.260 e. The first kappa shape index (κ1) is 20.9. The van der Waals surface area contributed by atoms with Crippen LogP contribution in [0.1, 0.15) is 23.7 Å². The van der Waals surface area contributed by atoms with Gasteiger partial charge >= 0.3 is 0 Å². The highest BCUT2D eigenvalue weighted by Gasteiger charge is 2.23. The molecule has 0 saturated heterocycles. The minimum absolute atomic E-state index is 0.0609. The summed E-state index contributed by atoms with van der Waals surface area (Å²) in [5.41, 5.74) is 0.730. The van der Waals surface area contributed by atoms with Crippen LogP contribution >= 0.6 is 11.3 Å². The largest absolute Gasteiger partial charge is 0.492 e. The topological polar surface area (TPSA) is 60.2 Å². The van der Waals surface area contributed by atoms with Crippen LogP contribution in [0.15, 0.2) is 55.1 Å². The van der Waals surface area contributed by atoms with Crippen molar-refractivity contribution in [3.05, 3.63) is 72.3 Å². The van der Waals surface area contributed by atoms with Gasteiger partial charge in [0.15, 0.2) is 16.8 Å². The molecule has 0 atom stereocenters. The summed E-state index contributed by atoms with van der Waals surface area (Å²) in [6.45, 7) is 3.38. The lowest BCUT2D eigenvalue weighted by molar-refractivity contribution is 0.0985. The number of imidazole rings is 1. The van der Waals surface area contributed by atoms with Gasteiger partial charge in [-0.15, -0.1) is 0 Å². The van der Waals surface area contributed by atoms with Crippen LogP contribution in [0.5, 0.6) is 5.75 Å². The molecule has 0 unspecified atom stereocenters. The van der Waals surface area contributed by atoms with Crippen molar-refractivity contribution in [2.24, 2.45) is 0 Å². The van der Waals surface area contributed by atoms with Gasteiger partial charge in [0.05, 0.1) is 17.6 Å². The molecule has 4 rings (SSSR count). The maximum absolute atomic E-state index is 13.8. The van der Waals surface area contributed by atoms with Crippen molar-refractivity contribution in [2.75, 3.05) is 18.1 Å². The van der Waals surface area contributed by atoms with E-state index in [-0.39, 0.29) is 5.56 Å². The summed E-state index contributed by atoms with van der Waals surface area (Å²) in [4.78, 5) is 23.4.